The molecule has 1 heterocycles. The molecule has 0 unspecified atom stereocenters. The predicted octanol–water partition coefficient (Wildman–Crippen LogP) is 3.80. The summed E-state index contributed by atoms with van der Waals surface area (Å²) in [6.45, 7) is 12.7. The minimum atomic E-state index is -0.308. The Morgan fingerprint density at radius 3 is 2.37 bits per heavy atom. The topological polar surface area (TPSA) is 45.2 Å². The average molecular weight is 417 g/mol. The van der Waals surface area contributed by atoms with E-state index in [4.69, 9.17) is 9.47 Å². The second-order valence-electron chi connectivity index (χ2n) is 10.4. The smallest absolute Gasteiger partial charge is 0.119 e. The molecule has 30 heavy (non-hydrogen) atoms. The fourth-order valence-electron chi connectivity index (χ4n) is 6.10. The Balaban J connectivity index is 1.16. The summed E-state index contributed by atoms with van der Waals surface area (Å²) in [4.78, 5) is 4.79. The highest BCUT2D eigenvalue weighted by atomic mass is 16.5. The summed E-state index contributed by atoms with van der Waals surface area (Å²) in [6, 6.07) is 8.28. The lowest BCUT2D eigenvalue weighted by Crippen LogP contribution is -2.48. The van der Waals surface area contributed by atoms with E-state index < -0.39 is 0 Å². The third kappa shape index (κ3) is 4.09. The number of aliphatic hydroxyl groups excluding tert-OH is 1. The Kier molecular flexibility index (Phi) is 6.34. The molecule has 2 saturated carbocycles. The fourth-order valence-corrected chi connectivity index (χ4v) is 6.10. The van der Waals surface area contributed by atoms with Gasteiger partial charge < -0.3 is 19.5 Å². The van der Waals surface area contributed by atoms with Crippen molar-refractivity contribution >= 4 is 5.69 Å². The van der Waals surface area contributed by atoms with Crippen molar-refractivity contribution in [3.05, 3.63) is 24.3 Å². The van der Waals surface area contributed by atoms with Crippen LogP contribution in [0, 0.1) is 16.7 Å². The van der Waals surface area contributed by atoms with Crippen LogP contribution in [0.4, 0.5) is 5.69 Å². The van der Waals surface area contributed by atoms with Crippen molar-refractivity contribution in [3.63, 3.8) is 0 Å². The number of aliphatic hydroxyl groups is 1. The summed E-state index contributed by atoms with van der Waals surface area (Å²) in [7, 11) is 1.70. The lowest BCUT2D eigenvalue weighted by Gasteiger charge is -2.39. The highest BCUT2D eigenvalue weighted by Gasteiger charge is 2.61. The zero-order valence-electron chi connectivity index (χ0n) is 19.3. The van der Waals surface area contributed by atoms with E-state index >= 15 is 0 Å². The number of nitrogens with zero attached hydrogens (tertiary/aromatic N) is 2. The van der Waals surface area contributed by atoms with Crippen LogP contribution in [0.15, 0.2) is 24.3 Å². The largest absolute Gasteiger partial charge is 0.497 e. The van der Waals surface area contributed by atoms with E-state index in [1.54, 1.807) is 7.11 Å². The minimum absolute atomic E-state index is 0.306. The van der Waals surface area contributed by atoms with Crippen LogP contribution < -0.4 is 9.64 Å². The molecule has 1 saturated heterocycles. The maximum Gasteiger partial charge on any atom is 0.119 e. The van der Waals surface area contributed by atoms with Gasteiger partial charge in [-0.15, -0.1) is 0 Å². The Hall–Kier alpha value is -1.30. The molecule has 5 heteroatoms. The molecule has 3 aliphatic rings. The zero-order chi connectivity index (χ0) is 21.4. The number of anilines is 1. The average Bonchev–Trinajstić information content (AvgIpc) is 3.08. The van der Waals surface area contributed by atoms with Crippen LogP contribution in [0.3, 0.4) is 0 Å². The summed E-state index contributed by atoms with van der Waals surface area (Å²) >= 11 is 0. The molecule has 4 atom stereocenters. The van der Waals surface area contributed by atoms with Crippen LogP contribution in [0.5, 0.6) is 5.75 Å². The first-order valence-corrected chi connectivity index (χ1v) is 11.7. The first-order valence-electron chi connectivity index (χ1n) is 11.7. The quantitative estimate of drug-likeness (QED) is 0.698. The molecule has 2 aliphatic carbocycles. The Morgan fingerprint density at radius 1 is 1.10 bits per heavy atom. The fraction of sp³-hybridized carbons (Fsp3) is 0.760. The molecule has 168 valence electrons. The van der Waals surface area contributed by atoms with Gasteiger partial charge in [0.05, 0.1) is 19.3 Å². The molecule has 1 aromatic rings. The van der Waals surface area contributed by atoms with Crippen LogP contribution in [0.1, 0.15) is 46.5 Å². The van der Waals surface area contributed by atoms with E-state index in [2.05, 4.69) is 42.7 Å². The number of hydrogen-bond acceptors (Lipinski definition) is 5. The van der Waals surface area contributed by atoms with Gasteiger partial charge in [-0.25, -0.2) is 0 Å². The molecule has 0 spiro atoms. The lowest BCUT2D eigenvalue weighted by molar-refractivity contribution is -0.0564. The third-order valence-corrected chi connectivity index (χ3v) is 8.76. The van der Waals surface area contributed by atoms with Gasteiger partial charge in [0.25, 0.3) is 0 Å². The lowest BCUT2D eigenvalue weighted by atomic mass is 9.70. The third-order valence-electron chi connectivity index (χ3n) is 8.76. The summed E-state index contributed by atoms with van der Waals surface area (Å²) in [6.07, 6.45) is 4.64. The second kappa shape index (κ2) is 8.68. The number of fused-ring (bicyclic) bond motifs is 2. The molecule has 1 aromatic carbocycles. The van der Waals surface area contributed by atoms with E-state index in [9.17, 15) is 5.11 Å². The van der Waals surface area contributed by atoms with Crippen molar-refractivity contribution in [1.82, 2.24) is 4.90 Å². The molecule has 2 bridgehead atoms. The van der Waals surface area contributed by atoms with E-state index in [1.165, 1.54) is 24.9 Å². The van der Waals surface area contributed by atoms with Crippen LogP contribution in [-0.4, -0.2) is 68.7 Å². The number of methoxy groups -OCH3 is 1. The van der Waals surface area contributed by atoms with E-state index in [-0.39, 0.29) is 6.10 Å². The molecule has 0 aromatic heterocycles. The van der Waals surface area contributed by atoms with Gasteiger partial charge >= 0.3 is 0 Å². The van der Waals surface area contributed by atoms with E-state index in [1.807, 2.05) is 12.1 Å². The molecule has 5 nitrogen and oxygen atoms in total. The number of piperazine rings is 1. The molecule has 1 aliphatic heterocycles. The first-order chi connectivity index (χ1) is 14.3. The van der Waals surface area contributed by atoms with Gasteiger partial charge in [0.15, 0.2) is 0 Å². The van der Waals surface area contributed by atoms with Gasteiger partial charge in [-0.05, 0) is 66.7 Å². The van der Waals surface area contributed by atoms with Crippen LogP contribution in [-0.2, 0) is 4.74 Å². The molecular formula is C25H40N2O3. The van der Waals surface area contributed by atoms with Crippen molar-refractivity contribution in [2.75, 3.05) is 51.3 Å². The van der Waals surface area contributed by atoms with Crippen molar-refractivity contribution < 1.29 is 14.6 Å². The van der Waals surface area contributed by atoms with E-state index in [0.29, 0.717) is 23.5 Å². The minimum Gasteiger partial charge on any atom is -0.497 e. The van der Waals surface area contributed by atoms with Gasteiger partial charge in [0.1, 0.15) is 5.75 Å². The normalized spacial score (nSPS) is 31.8. The zero-order valence-corrected chi connectivity index (χ0v) is 19.3. The van der Waals surface area contributed by atoms with Crippen LogP contribution in [0.2, 0.25) is 0 Å². The molecule has 4 rings (SSSR count). The summed E-state index contributed by atoms with van der Waals surface area (Å²) in [5.74, 6) is 1.70. The summed E-state index contributed by atoms with van der Waals surface area (Å²) in [5.41, 5.74) is 1.94. The first kappa shape index (κ1) is 21.9. The van der Waals surface area contributed by atoms with Gasteiger partial charge in [0, 0.05) is 45.0 Å². The van der Waals surface area contributed by atoms with Crippen LogP contribution >= 0.6 is 0 Å². The Labute approximate surface area is 182 Å². The molecule has 0 amide bonds. The molecule has 3 fully saturated rings. The molecule has 0 radical (unpaired) electrons. The van der Waals surface area contributed by atoms with Crippen molar-refractivity contribution in [2.24, 2.45) is 16.7 Å². The van der Waals surface area contributed by atoms with Crippen molar-refractivity contribution in [1.29, 1.82) is 0 Å². The number of rotatable bonds is 8. The van der Waals surface area contributed by atoms with Gasteiger partial charge in [-0.2, -0.15) is 0 Å². The van der Waals surface area contributed by atoms with Crippen molar-refractivity contribution in [2.45, 2.75) is 58.7 Å². The van der Waals surface area contributed by atoms with E-state index in [0.717, 1.165) is 50.8 Å². The number of ether oxygens (including phenoxy) is 2. The monoisotopic (exact) mass is 416 g/mol. The van der Waals surface area contributed by atoms with Gasteiger partial charge in [0.2, 0.25) is 0 Å². The predicted molar refractivity (Wildman–Crippen MR) is 121 cm³/mol. The maximum absolute atomic E-state index is 10.6. The number of benzene rings is 1. The Bertz CT molecular complexity index is 699. The standard InChI is InChI=1S/C25H40N2O3/c1-24(2)19-9-11-25(24,3)23(17-19)30-16-10-21(28)18-26-12-14-27(15-13-26)20-5-7-22(29-4)8-6-20/h5-8,19,21,23,28H,9-18H2,1-4H3/t19-,21+,23-,25+/m1/s1. The van der Waals surface area contributed by atoms with Gasteiger partial charge in [-0.1, -0.05) is 20.8 Å². The second-order valence-corrected chi connectivity index (χ2v) is 10.4. The number of hydrogen-bond donors (Lipinski definition) is 1. The number of β-amino-alcohol motifs (C(OH)–C–C–N with tert-alkyl or cyclic N) is 1. The SMILES string of the molecule is COc1ccc(N2CCN(C[C@@H](O)CCO[C@@H]3C[C@H]4CC[C@]3(C)C4(C)C)CC2)cc1. The summed E-state index contributed by atoms with van der Waals surface area (Å²) in [5, 5.41) is 10.6. The molecular weight excluding hydrogens is 376 g/mol. The van der Waals surface area contributed by atoms with Crippen molar-refractivity contribution in [3.8, 4) is 5.75 Å². The molecule has 1 N–H and O–H groups in total. The van der Waals surface area contributed by atoms with Crippen LogP contribution in [0.25, 0.3) is 0 Å². The summed E-state index contributed by atoms with van der Waals surface area (Å²) < 4.78 is 11.6. The highest BCUT2D eigenvalue weighted by molar-refractivity contribution is 5.49. The maximum atomic E-state index is 10.6. The Morgan fingerprint density at radius 2 is 1.80 bits per heavy atom. The highest BCUT2D eigenvalue weighted by Crippen LogP contribution is 2.66. The van der Waals surface area contributed by atoms with Gasteiger partial charge in [-0.3, -0.25) is 4.90 Å².